The summed E-state index contributed by atoms with van der Waals surface area (Å²) in [4.78, 5) is 19.2. The minimum absolute atomic E-state index is 0.175. The molecule has 0 aliphatic carbocycles. The van der Waals surface area contributed by atoms with Crippen LogP contribution in [0.3, 0.4) is 0 Å². The minimum atomic E-state index is -2.60. The lowest BCUT2D eigenvalue weighted by molar-refractivity contribution is -0.0221. The molecule has 168 valence electrons. The Kier molecular flexibility index (Phi) is 5.84. The van der Waals surface area contributed by atoms with Crippen molar-refractivity contribution in [3.63, 3.8) is 0 Å². The molecule has 2 heterocycles. The van der Waals surface area contributed by atoms with Crippen molar-refractivity contribution in [1.82, 2.24) is 10.3 Å². The van der Waals surface area contributed by atoms with Gasteiger partial charge < -0.3 is 10.2 Å². The van der Waals surface area contributed by atoms with Crippen LogP contribution >= 0.6 is 0 Å². The summed E-state index contributed by atoms with van der Waals surface area (Å²) in [6, 6.07) is 11.5. The van der Waals surface area contributed by atoms with Crippen molar-refractivity contribution in [2.45, 2.75) is 45.6 Å². The lowest BCUT2D eigenvalue weighted by atomic mass is 10.0. The van der Waals surface area contributed by atoms with E-state index in [0.717, 1.165) is 16.5 Å². The molecule has 0 radical (unpaired) electrons. The quantitative estimate of drug-likeness (QED) is 0.564. The van der Waals surface area contributed by atoms with E-state index in [1.54, 1.807) is 37.3 Å². The van der Waals surface area contributed by atoms with Crippen molar-refractivity contribution >= 4 is 22.6 Å². The van der Waals surface area contributed by atoms with E-state index in [1.165, 1.54) is 6.07 Å². The van der Waals surface area contributed by atoms with Crippen LogP contribution in [0.15, 0.2) is 42.5 Å². The van der Waals surface area contributed by atoms with Gasteiger partial charge in [0, 0.05) is 42.4 Å². The molecule has 4 rings (SSSR count). The minimum Gasteiger partial charge on any atom is -0.356 e. The van der Waals surface area contributed by atoms with Gasteiger partial charge in [-0.2, -0.15) is 0 Å². The normalized spacial score (nSPS) is 16.8. The molecule has 7 heteroatoms. The van der Waals surface area contributed by atoms with Gasteiger partial charge in [-0.1, -0.05) is 6.07 Å². The molecule has 32 heavy (non-hydrogen) atoms. The predicted octanol–water partition coefficient (Wildman–Crippen LogP) is 5.72. The SMILES string of the molecule is Cc1cc(F)c([C@@H](C)NC(=O)c2ccc3nc(N4CCC(F)(F)CC4)ccc3c2)cc1C. The maximum atomic E-state index is 14.4. The van der Waals surface area contributed by atoms with E-state index in [9.17, 15) is 18.0 Å². The number of hydrogen-bond donors (Lipinski definition) is 1. The van der Waals surface area contributed by atoms with Gasteiger partial charge in [0.05, 0.1) is 11.6 Å². The van der Waals surface area contributed by atoms with Crippen molar-refractivity contribution in [3.8, 4) is 0 Å². The highest BCUT2D eigenvalue weighted by Crippen LogP contribution is 2.30. The first-order valence-electron chi connectivity index (χ1n) is 10.7. The number of fused-ring (bicyclic) bond motifs is 1. The Morgan fingerprint density at radius 1 is 1.06 bits per heavy atom. The highest BCUT2D eigenvalue weighted by atomic mass is 19.3. The molecular formula is C25H26F3N3O. The number of piperidine rings is 1. The molecule has 1 aliphatic heterocycles. The number of aryl methyl sites for hydroxylation is 2. The number of carbonyl (C=O) groups is 1. The molecule has 1 saturated heterocycles. The molecule has 0 spiro atoms. The summed E-state index contributed by atoms with van der Waals surface area (Å²) in [6.07, 6.45) is -0.351. The fourth-order valence-corrected chi connectivity index (χ4v) is 3.99. The Morgan fingerprint density at radius 3 is 2.47 bits per heavy atom. The van der Waals surface area contributed by atoms with Crippen LogP contribution in [-0.2, 0) is 0 Å². The van der Waals surface area contributed by atoms with Crippen molar-refractivity contribution < 1.29 is 18.0 Å². The maximum absolute atomic E-state index is 14.4. The Labute approximate surface area is 185 Å². The van der Waals surface area contributed by atoms with Gasteiger partial charge in [0.1, 0.15) is 11.6 Å². The number of nitrogens with one attached hydrogen (secondary N) is 1. The van der Waals surface area contributed by atoms with E-state index in [-0.39, 0.29) is 37.7 Å². The third-order valence-corrected chi connectivity index (χ3v) is 6.18. The number of benzene rings is 2. The lowest BCUT2D eigenvalue weighted by Gasteiger charge is -2.32. The van der Waals surface area contributed by atoms with Gasteiger partial charge in [0.25, 0.3) is 11.8 Å². The monoisotopic (exact) mass is 441 g/mol. The lowest BCUT2D eigenvalue weighted by Crippen LogP contribution is -2.39. The summed E-state index contributed by atoms with van der Waals surface area (Å²) >= 11 is 0. The number of rotatable bonds is 4. The number of aromatic nitrogens is 1. The summed E-state index contributed by atoms with van der Waals surface area (Å²) in [5.41, 5.74) is 3.41. The zero-order valence-corrected chi connectivity index (χ0v) is 18.4. The van der Waals surface area contributed by atoms with Crippen molar-refractivity contribution in [1.29, 1.82) is 0 Å². The fraction of sp³-hybridized carbons (Fsp3) is 0.360. The zero-order chi connectivity index (χ0) is 23.0. The number of carbonyl (C=O) groups excluding carboxylic acids is 1. The topological polar surface area (TPSA) is 45.2 Å². The Balaban J connectivity index is 1.50. The second-order valence-corrected chi connectivity index (χ2v) is 8.57. The molecule has 0 unspecified atom stereocenters. The molecule has 0 saturated carbocycles. The molecule has 1 N–H and O–H groups in total. The van der Waals surface area contributed by atoms with Gasteiger partial charge >= 0.3 is 0 Å². The van der Waals surface area contributed by atoms with E-state index < -0.39 is 12.0 Å². The fourth-order valence-electron chi connectivity index (χ4n) is 3.99. The number of halogens is 3. The molecule has 1 amide bonds. The van der Waals surface area contributed by atoms with Crippen LogP contribution in [0.4, 0.5) is 19.0 Å². The third-order valence-electron chi connectivity index (χ3n) is 6.18. The van der Waals surface area contributed by atoms with E-state index >= 15 is 0 Å². The molecule has 3 aromatic rings. The predicted molar refractivity (Wildman–Crippen MR) is 120 cm³/mol. The van der Waals surface area contributed by atoms with Gasteiger partial charge in [0.2, 0.25) is 0 Å². The Morgan fingerprint density at radius 2 is 1.75 bits per heavy atom. The highest BCUT2D eigenvalue weighted by molar-refractivity contribution is 5.98. The smallest absolute Gasteiger partial charge is 0.251 e. The van der Waals surface area contributed by atoms with Gasteiger partial charge in [0.15, 0.2) is 0 Å². The number of pyridine rings is 1. The number of nitrogens with zero attached hydrogens (tertiary/aromatic N) is 2. The molecule has 0 bridgehead atoms. The second-order valence-electron chi connectivity index (χ2n) is 8.57. The molecule has 4 nitrogen and oxygen atoms in total. The largest absolute Gasteiger partial charge is 0.356 e. The summed E-state index contributed by atoms with van der Waals surface area (Å²) in [6.45, 7) is 6.04. The van der Waals surface area contributed by atoms with Gasteiger partial charge in [-0.15, -0.1) is 0 Å². The van der Waals surface area contributed by atoms with Crippen LogP contribution in [0.25, 0.3) is 10.9 Å². The number of anilines is 1. The summed E-state index contributed by atoms with van der Waals surface area (Å²) in [5, 5.41) is 3.63. The first-order chi connectivity index (χ1) is 15.1. The molecular weight excluding hydrogens is 415 g/mol. The molecule has 1 aliphatic rings. The van der Waals surface area contributed by atoms with Crippen LogP contribution in [0.1, 0.15) is 52.9 Å². The van der Waals surface area contributed by atoms with E-state index in [2.05, 4.69) is 10.3 Å². The summed E-state index contributed by atoms with van der Waals surface area (Å²) in [7, 11) is 0. The number of alkyl halides is 2. The maximum Gasteiger partial charge on any atom is 0.251 e. The van der Waals surface area contributed by atoms with Crippen molar-refractivity contribution in [3.05, 3.63) is 70.5 Å². The van der Waals surface area contributed by atoms with Crippen molar-refractivity contribution in [2.75, 3.05) is 18.0 Å². The van der Waals surface area contributed by atoms with Crippen LogP contribution in [0.5, 0.6) is 0 Å². The first-order valence-corrected chi connectivity index (χ1v) is 10.7. The summed E-state index contributed by atoms with van der Waals surface area (Å²) < 4.78 is 41.2. The van der Waals surface area contributed by atoms with Gasteiger partial charge in [-0.05, 0) is 68.3 Å². The zero-order valence-electron chi connectivity index (χ0n) is 18.4. The Hall–Kier alpha value is -3.09. The van der Waals surface area contributed by atoms with Crippen LogP contribution < -0.4 is 10.2 Å². The average Bonchev–Trinajstić information content (AvgIpc) is 2.75. The van der Waals surface area contributed by atoms with Gasteiger partial charge in [-0.3, -0.25) is 4.79 Å². The summed E-state index contributed by atoms with van der Waals surface area (Å²) in [5.74, 6) is -2.59. The molecule has 1 atom stereocenters. The number of amides is 1. The van der Waals surface area contributed by atoms with Crippen molar-refractivity contribution in [2.24, 2.45) is 0 Å². The van der Waals surface area contributed by atoms with Crippen LogP contribution in [0, 0.1) is 19.7 Å². The van der Waals surface area contributed by atoms with Crippen LogP contribution in [0.2, 0.25) is 0 Å². The molecule has 1 aromatic heterocycles. The first kappa shape index (κ1) is 22.1. The standard InChI is InChI=1S/C25H26F3N3O/c1-15-12-20(21(26)13-16(15)2)17(3)29-24(32)19-4-6-22-18(14-19)5-7-23(30-22)31-10-8-25(27,28)9-11-31/h4-7,12-14,17H,8-11H2,1-3H3,(H,29,32)/t17-/m1/s1. The average molecular weight is 441 g/mol. The Bertz CT molecular complexity index is 1170. The molecule has 1 fully saturated rings. The third kappa shape index (κ3) is 4.56. The highest BCUT2D eigenvalue weighted by Gasteiger charge is 2.34. The molecule has 2 aromatic carbocycles. The number of hydrogen-bond acceptors (Lipinski definition) is 3. The second kappa shape index (κ2) is 8.45. The van der Waals surface area contributed by atoms with E-state index in [4.69, 9.17) is 0 Å². The van der Waals surface area contributed by atoms with E-state index in [0.29, 0.717) is 22.5 Å². The van der Waals surface area contributed by atoms with E-state index in [1.807, 2.05) is 24.8 Å². The van der Waals surface area contributed by atoms with Gasteiger partial charge in [-0.25, -0.2) is 18.2 Å². The van der Waals surface area contributed by atoms with Crippen LogP contribution in [-0.4, -0.2) is 29.9 Å².